The maximum Gasteiger partial charge on any atom is 0.263 e. The van der Waals surface area contributed by atoms with E-state index in [0.717, 1.165) is 17.8 Å². The molecule has 0 aliphatic carbocycles. The van der Waals surface area contributed by atoms with E-state index >= 15 is 0 Å². The number of nitrogens with one attached hydrogen (secondary N) is 1. The molecule has 0 bridgehead atoms. The number of halogens is 3. The molecule has 0 aliphatic rings. The third kappa shape index (κ3) is 2.73. The molecule has 1 aromatic heterocycles. The summed E-state index contributed by atoms with van der Waals surface area (Å²) in [6.45, 7) is 1.76. The minimum Gasteiger partial charge on any atom is -0.298 e. The summed E-state index contributed by atoms with van der Waals surface area (Å²) in [6, 6.07) is 2.07. The zero-order valence-corrected chi connectivity index (χ0v) is 11.5. The van der Waals surface area contributed by atoms with Crippen LogP contribution in [-0.2, 0) is 0 Å². The first-order valence-corrected chi connectivity index (χ1v) is 6.52. The molecule has 0 radical (unpaired) electrons. The molecule has 3 nitrogen and oxygen atoms in total. The highest BCUT2D eigenvalue weighted by Gasteiger charge is 2.19. The average molecular weight is 333 g/mol. The van der Waals surface area contributed by atoms with Gasteiger partial charge in [-0.2, -0.15) is 0 Å². The van der Waals surface area contributed by atoms with Crippen molar-refractivity contribution in [2.75, 3.05) is 5.32 Å². The quantitative estimate of drug-likeness (QED) is 0.910. The fourth-order valence-electron chi connectivity index (χ4n) is 1.33. The summed E-state index contributed by atoms with van der Waals surface area (Å²) in [6.07, 6.45) is 0. The van der Waals surface area contributed by atoms with Crippen LogP contribution in [0.15, 0.2) is 22.0 Å². The summed E-state index contributed by atoms with van der Waals surface area (Å²) in [5.74, 6) is -2.70. The van der Waals surface area contributed by atoms with Crippen molar-refractivity contribution in [1.29, 1.82) is 0 Å². The Labute approximate surface area is 114 Å². The molecule has 1 aromatic carbocycles. The molecule has 18 heavy (non-hydrogen) atoms. The maximum atomic E-state index is 13.5. The smallest absolute Gasteiger partial charge is 0.263 e. The maximum absolute atomic E-state index is 13.5. The normalized spacial score (nSPS) is 10.4. The van der Waals surface area contributed by atoms with Gasteiger partial charge in [0, 0.05) is 9.85 Å². The Morgan fingerprint density at radius 1 is 1.39 bits per heavy atom. The molecule has 0 fully saturated rings. The van der Waals surface area contributed by atoms with Crippen LogP contribution >= 0.6 is 27.3 Å². The Balaban J connectivity index is 2.29. The fourth-order valence-corrected chi connectivity index (χ4v) is 2.42. The summed E-state index contributed by atoms with van der Waals surface area (Å²) >= 11 is 4.13. The molecule has 0 aliphatic heterocycles. The van der Waals surface area contributed by atoms with Crippen molar-refractivity contribution in [3.05, 3.63) is 44.9 Å². The van der Waals surface area contributed by atoms with Gasteiger partial charge in [0.25, 0.3) is 5.91 Å². The van der Waals surface area contributed by atoms with Gasteiger partial charge in [-0.15, -0.1) is 11.3 Å². The van der Waals surface area contributed by atoms with Crippen LogP contribution in [0.3, 0.4) is 0 Å². The molecule has 7 heteroatoms. The monoisotopic (exact) mass is 332 g/mol. The zero-order chi connectivity index (χ0) is 13.3. The predicted molar refractivity (Wildman–Crippen MR) is 68.9 cm³/mol. The Hall–Kier alpha value is -1.34. The lowest BCUT2D eigenvalue weighted by Crippen LogP contribution is -2.15. The molecule has 2 aromatic rings. The Morgan fingerprint density at radius 2 is 2.00 bits per heavy atom. The van der Waals surface area contributed by atoms with Crippen LogP contribution < -0.4 is 5.32 Å². The number of hydrogen-bond donors (Lipinski definition) is 1. The highest BCUT2D eigenvalue weighted by atomic mass is 79.9. The van der Waals surface area contributed by atoms with Crippen LogP contribution in [0.2, 0.25) is 0 Å². The third-order valence-electron chi connectivity index (χ3n) is 2.07. The van der Waals surface area contributed by atoms with Gasteiger partial charge in [0.15, 0.2) is 5.13 Å². The lowest BCUT2D eigenvalue weighted by molar-refractivity contribution is 0.101. The van der Waals surface area contributed by atoms with Gasteiger partial charge in [0.1, 0.15) is 17.2 Å². The highest BCUT2D eigenvalue weighted by molar-refractivity contribution is 9.10. The number of hydrogen-bond acceptors (Lipinski definition) is 3. The molecule has 0 saturated carbocycles. The second-order valence-electron chi connectivity index (χ2n) is 3.49. The van der Waals surface area contributed by atoms with Crippen LogP contribution in [0.1, 0.15) is 16.1 Å². The van der Waals surface area contributed by atoms with E-state index in [2.05, 4.69) is 26.2 Å². The molecule has 1 heterocycles. The number of aromatic nitrogens is 1. The SMILES string of the molecule is Cc1csc(NC(=O)c2c(F)cc(Br)cc2F)n1. The van der Waals surface area contributed by atoms with Crippen LogP contribution in [0.4, 0.5) is 13.9 Å². The van der Waals surface area contributed by atoms with Gasteiger partial charge in [0.2, 0.25) is 0 Å². The highest BCUT2D eigenvalue weighted by Crippen LogP contribution is 2.21. The summed E-state index contributed by atoms with van der Waals surface area (Å²) in [5, 5.41) is 4.38. The molecule has 0 saturated heterocycles. The van der Waals surface area contributed by atoms with E-state index in [-0.39, 0.29) is 4.47 Å². The standard InChI is InChI=1S/C11H7BrF2N2OS/c1-5-4-18-11(15-5)16-10(17)9-7(13)2-6(12)3-8(9)14/h2-4H,1H3,(H,15,16,17). The van der Waals surface area contributed by atoms with Gasteiger partial charge >= 0.3 is 0 Å². The van der Waals surface area contributed by atoms with Crippen LogP contribution in [-0.4, -0.2) is 10.9 Å². The lowest BCUT2D eigenvalue weighted by atomic mass is 10.2. The first-order valence-electron chi connectivity index (χ1n) is 4.85. The molecule has 0 spiro atoms. The van der Waals surface area contributed by atoms with Crippen LogP contribution in [0.5, 0.6) is 0 Å². The van der Waals surface area contributed by atoms with Crippen LogP contribution in [0, 0.1) is 18.6 Å². The van der Waals surface area contributed by atoms with Crippen molar-refractivity contribution in [2.24, 2.45) is 0 Å². The largest absolute Gasteiger partial charge is 0.298 e. The van der Waals surface area contributed by atoms with E-state index in [0.29, 0.717) is 5.13 Å². The van der Waals surface area contributed by atoms with E-state index in [9.17, 15) is 13.6 Å². The molecular formula is C11H7BrF2N2OS. The first-order chi connectivity index (χ1) is 8.47. The number of aryl methyl sites for hydroxylation is 1. The number of anilines is 1. The van der Waals surface area contributed by atoms with Crippen molar-refractivity contribution >= 4 is 38.3 Å². The van der Waals surface area contributed by atoms with Gasteiger partial charge in [-0.3, -0.25) is 10.1 Å². The van der Waals surface area contributed by atoms with Gasteiger partial charge in [-0.25, -0.2) is 13.8 Å². The van der Waals surface area contributed by atoms with E-state index in [1.165, 1.54) is 11.3 Å². The van der Waals surface area contributed by atoms with Gasteiger partial charge in [-0.1, -0.05) is 15.9 Å². The second kappa shape index (κ2) is 5.11. The van der Waals surface area contributed by atoms with Gasteiger partial charge < -0.3 is 0 Å². The summed E-state index contributed by atoms with van der Waals surface area (Å²) in [4.78, 5) is 15.7. The topological polar surface area (TPSA) is 42.0 Å². The predicted octanol–water partition coefficient (Wildman–Crippen LogP) is 3.74. The van der Waals surface area contributed by atoms with Crippen LogP contribution in [0.25, 0.3) is 0 Å². The molecule has 0 unspecified atom stereocenters. The zero-order valence-electron chi connectivity index (χ0n) is 9.13. The minimum atomic E-state index is -0.923. The Kier molecular flexibility index (Phi) is 3.72. The number of thiazole rings is 1. The summed E-state index contributed by atoms with van der Waals surface area (Å²) in [7, 11) is 0. The van der Waals surface area contributed by atoms with Crippen molar-refractivity contribution < 1.29 is 13.6 Å². The average Bonchev–Trinajstić information content (AvgIpc) is 2.62. The van der Waals surface area contributed by atoms with Gasteiger partial charge in [0.05, 0.1) is 5.69 Å². The van der Waals surface area contributed by atoms with E-state index in [4.69, 9.17) is 0 Å². The summed E-state index contributed by atoms with van der Waals surface area (Å²) < 4.78 is 27.3. The lowest BCUT2D eigenvalue weighted by Gasteiger charge is -2.05. The van der Waals surface area contributed by atoms with Crippen molar-refractivity contribution in [3.63, 3.8) is 0 Å². The molecule has 0 atom stereocenters. The minimum absolute atomic E-state index is 0.235. The summed E-state index contributed by atoms with van der Waals surface area (Å²) in [5.41, 5.74) is 0.109. The van der Waals surface area contributed by atoms with Crippen molar-refractivity contribution in [2.45, 2.75) is 6.92 Å². The molecule has 1 amide bonds. The molecule has 2 rings (SSSR count). The number of rotatable bonds is 2. The molecule has 1 N–H and O–H groups in total. The molecule has 94 valence electrons. The van der Waals surface area contributed by atoms with Crippen molar-refractivity contribution in [3.8, 4) is 0 Å². The Morgan fingerprint density at radius 3 is 2.50 bits per heavy atom. The number of carbonyl (C=O) groups is 1. The third-order valence-corrected chi connectivity index (χ3v) is 3.41. The molecular weight excluding hydrogens is 326 g/mol. The van der Waals surface area contributed by atoms with E-state index < -0.39 is 23.1 Å². The Bertz CT molecular complexity index is 592. The fraction of sp³-hybridized carbons (Fsp3) is 0.0909. The van der Waals surface area contributed by atoms with Crippen molar-refractivity contribution in [1.82, 2.24) is 4.98 Å². The first kappa shape index (κ1) is 13.1. The number of benzene rings is 1. The number of nitrogens with zero attached hydrogens (tertiary/aromatic N) is 1. The van der Waals surface area contributed by atoms with E-state index in [1.54, 1.807) is 12.3 Å². The number of carbonyl (C=O) groups excluding carboxylic acids is 1. The van der Waals surface area contributed by atoms with E-state index in [1.807, 2.05) is 0 Å². The van der Waals surface area contributed by atoms with Gasteiger partial charge in [-0.05, 0) is 19.1 Å². The second-order valence-corrected chi connectivity index (χ2v) is 5.27. The number of amides is 1.